The van der Waals surface area contributed by atoms with Gasteiger partial charge in [-0.15, -0.1) is 11.8 Å². The molecule has 0 fully saturated rings. The van der Waals surface area contributed by atoms with E-state index in [0.29, 0.717) is 10.6 Å². The first-order valence-electron chi connectivity index (χ1n) is 6.18. The highest BCUT2D eigenvalue weighted by atomic mass is 32.2. The van der Waals surface area contributed by atoms with Crippen molar-refractivity contribution in [2.75, 3.05) is 5.75 Å². The van der Waals surface area contributed by atoms with Crippen LogP contribution in [0.15, 0.2) is 35.2 Å². The molecule has 1 heterocycles. The van der Waals surface area contributed by atoms with Crippen LogP contribution in [0.2, 0.25) is 0 Å². The fraction of sp³-hybridized carbons (Fsp3) is 0.357. The van der Waals surface area contributed by atoms with Crippen LogP contribution in [0.4, 0.5) is 4.39 Å². The summed E-state index contributed by atoms with van der Waals surface area (Å²) in [7, 11) is 1.92. The quantitative estimate of drug-likeness (QED) is 0.855. The summed E-state index contributed by atoms with van der Waals surface area (Å²) in [5.74, 6) is 0.501. The van der Waals surface area contributed by atoms with E-state index < -0.39 is 0 Å². The fourth-order valence-corrected chi connectivity index (χ4v) is 2.83. The van der Waals surface area contributed by atoms with Crippen molar-refractivity contribution in [3.63, 3.8) is 0 Å². The molecule has 0 saturated carbocycles. The molecular formula is C14H18FN3S. The standard InChI is InChI=1S/C14H18FN3S/c1-10-7-12(18(2)17-10)8-11(16)9-19-14-6-4-3-5-13(14)15/h3-7,11H,8-9,16H2,1-2H3. The van der Waals surface area contributed by atoms with Gasteiger partial charge in [0, 0.05) is 35.9 Å². The minimum Gasteiger partial charge on any atom is -0.327 e. The Bertz CT molecular complexity index is 553. The number of benzene rings is 1. The first-order chi connectivity index (χ1) is 9.06. The average molecular weight is 279 g/mol. The predicted molar refractivity (Wildman–Crippen MR) is 76.7 cm³/mol. The van der Waals surface area contributed by atoms with E-state index in [9.17, 15) is 4.39 Å². The van der Waals surface area contributed by atoms with Crippen molar-refractivity contribution < 1.29 is 4.39 Å². The Morgan fingerprint density at radius 3 is 2.79 bits per heavy atom. The monoisotopic (exact) mass is 279 g/mol. The highest BCUT2D eigenvalue weighted by Gasteiger charge is 2.10. The topological polar surface area (TPSA) is 43.8 Å². The lowest BCUT2D eigenvalue weighted by atomic mass is 10.2. The van der Waals surface area contributed by atoms with Gasteiger partial charge in [0.1, 0.15) is 5.82 Å². The molecule has 0 aliphatic rings. The van der Waals surface area contributed by atoms with Crippen LogP contribution in [0.25, 0.3) is 0 Å². The van der Waals surface area contributed by atoms with Gasteiger partial charge in [0.15, 0.2) is 0 Å². The van der Waals surface area contributed by atoms with Crippen LogP contribution in [0, 0.1) is 12.7 Å². The number of nitrogens with zero attached hydrogens (tertiary/aromatic N) is 2. The largest absolute Gasteiger partial charge is 0.327 e. The Morgan fingerprint density at radius 2 is 2.16 bits per heavy atom. The molecule has 102 valence electrons. The molecule has 0 aliphatic carbocycles. The van der Waals surface area contributed by atoms with Crippen LogP contribution < -0.4 is 5.73 Å². The van der Waals surface area contributed by atoms with Gasteiger partial charge in [-0.2, -0.15) is 5.10 Å². The second-order valence-corrected chi connectivity index (χ2v) is 5.67. The van der Waals surface area contributed by atoms with Gasteiger partial charge in [0.05, 0.1) is 5.69 Å². The van der Waals surface area contributed by atoms with Gasteiger partial charge < -0.3 is 5.73 Å². The Morgan fingerprint density at radius 1 is 1.42 bits per heavy atom. The normalized spacial score (nSPS) is 12.6. The number of aryl methyl sites for hydroxylation is 2. The van der Waals surface area contributed by atoms with E-state index in [1.165, 1.54) is 17.8 Å². The second kappa shape index (κ2) is 6.21. The van der Waals surface area contributed by atoms with Gasteiger partial charge in [0.2, 0.25) is 0 Å². The van der Waals surface area contributed by atoms with Gasteiger partial charge in [-0.3, -0.25) is 4.68 Å². The zero-order valence-electron chi connectivity index (χ0n) is 11.1. The van der Waals surface area contributed by atoms with Gasteiger partial charge in [-0.1, -0.05) is 12.1 Å². The number of hydrogen-bond acceptors (Lipinski definition) is 3. The SMILES string of the molecule is Cc1cc(CC(N)CSc2ccccc2F)n(C)n1. The molecule has 1 aromatic heterocycles. The van der Waals surface area contributed by atoms with E-state index in [2.05, 4.69) is 5.10 Å². The van der Waals surface area contributed by atoms with Crippen molar-refractivity contribution in [1.29, 1.82) is 0 Å². The fourth-order valence-electron chi connectivity index (χ4n) is 1.94. The molecule has 2 N–H and O–H groups in total. The molecule has 2 aromatic rings. The molecule has 0 aliphatic heterocycles. The van der Waals surface area contributed by atoms with E-state index in [-0.39, 0.29) is 11.9 Å². The maximum Gasteiger partial charge on any atom is 0.136 e. The zero-order chi connectivity index (χ0) is 13.8. The third-order valence-electron chi connectivity index (χ3n) is 2.86. The van der Waals surface area contributed by atoms with Crippen molar-refractivity contribution in [2.45, 2.75) is 24.3 Å². The first kappa shape index (κ1) is 14.1. The molecule has 2 rings (SSSR count). The summed E-state index contributed by atoms with van der Waals surface area (Å²) in [6, 6.07) is 8.80. The summed E-state index contributed by atoms with van der Waals surface area (Å²) in [5.41, 5.74) is 8.20. The van der Waals surface area contributed by atoms with Crippen LogP contribution in [-0.2, 0) is 13.5 Å². The third-order valence-corrected chi connectivity index (χ3v) is 4.10. The smallest absolute Gasteiger partial charge is 0.136 e. The van der Waals surface area contributed by atoms with Gasteiger partial charge >= 0.3 is 0 Å². The molecule has 0 bridgehead atoms. The summed E-state index contributed by atoms with van der Waals surface area (Å²) in [4.78, 5) is 0.652. The molecule has 19 heavy (non-hydrogen) atoms. The van der Waals surface area contributed by atoms with Gasteiger partial charge in [0.25, 0.3) is 0 Å². The highest BCUT2D eigenvalue weighted by molar-refractivity contribution is 7.99. The molecule has 3 nitrogen and oxygen atoms in total. The Hall–Kier alpha value is -1.33. The number of rotatable bonds is 5. The first-order valence-corrected chi connectivity index (χ1v) is 7.17. The van der Waals surface area contributed by atoms with Crippen LogP contribution in [-0.4, -0.2) is 21.6 Å². The molecule has 0 spiro atoms. The molecule has 0 saturated heterocycles. The van der Waals surface area contributed by atoms with Crippen molar-refractivity contribution in [2.24, 2.45) is 12.8 Å². The van der Waals surface area contributed by atoms with Crippen LogP contribution >= 0.6 is 11.8 Å². The Labute approximate surface area is 117 Å². The number of thioether (sulfide) groups is 1. The van der Waals surface area contributed by atoms with Gasteiger partial charge in [-0.25, -0.2) is 4.39 Å². The van der Waals surface area contributed by atoms with Crippen molar-refractivity contribution in [3.05, 3.63) is 47.5 Å². The van der Waals surface area contributed by atoms with E-state index in [1.54, 1.807) is 12.1 Å². The highest BCUT2D eigenvalue weighted by Crippen LogP contribution is 2.22. The molecule has 1 atom stereocenters. The third kappa shape index (κ3) is 3.81. The molecule has 0 radical (unpaired) electrons. The summed E-state index contributed by atoms with van der Waals surface area (Å²) in [5, 5.41) is 4.29. The van der Waals surface area contributed by atoms with Crippen molar-refractivity contribution >= 4 is 11.8 Å². The lowest BCUT2D eigenvalue weighted by Crippen LogP contribution is -2.26. The number of hydrogen-bond donors (Lipinski definition) is 1. The minimum atomic E-state index is -0.184. The zero-order valence-corrected chi connectivity index (χ0v) is 12.0. The predicted octanol–water partition coefficient (Wildman–Crippen LogP) is 2.53. The number of nitrogens with two attached hydrogens (primary N) is 1. The van der Waals surface area contributed by atoms with E-state index in [0.717, 1.165) is 17.8 Å². The summed E-state index contributed by atoms with van der Waals surface area (Å²) in [6.07, 6.45) is 0.749. The maximum absolute atomic E-state index is 13.5. The van der Waals surface area contributed by atoms with E-state index in [1.807, 2.05) is 30.8 Å². The molecule has 1 aromatic carbocycles. The van der Waals surface area contributed by atoms with Crippen LogP contribution in [0.3, 0.4) is 0 Å². The van der Waals surface area contributed by atoms with Crippen LogP contribution in [0.5, 0.6) is 0 Å². The van der Waals surface area contributed by atoms with E-state index in [4.69, 9.17) is 5.73 Å². The Balaban J connectivity index is 1.90. The van der Waals surface area contributed by atoms with Gasteiger partial charge in [-0.05, 0) is 25.1 Å². The maximum atomic E-state index is 13.5. The van der Waals surface area contributed by atoms with Crippen molar-refractivity contribution in [1.82, 2.24) is 9.78 Å². The minimum absolute atomic E-state index is 0.0144. The summed E-state index contributed by atoms with van der Waals surface area (Å²) >= 11 is 1.46. The molecule has 0 amide bonds. The summed E-state index contributed by atoms with van der Waals surface area (Å²) in [6.45, 7) is 1.96. The van der Waals surface area contributed by atoms with Crippen molar-refractivity contribution in [3.8, 4) is 0 Å². The Kier molecular flexibility index (Phi) is 4.61. The number of aromatic nitrogens is 2. The lowest BCUT2D eigenvalue weighted by Gasteiger charge is -2.11. The lowest BCUT2D eigenvalue weighted by molar-refractivity contribution is 0.601. The molecule has 5 heteroatoms. The van der Waals surface area contributed by atoms with E-state index >= 15 is 0 Å². The molecular weight excluding hydrogens is 261 g/mol. The number of halogens is 1. The van der Waals surface area contributed by atoms with Crippen LogP contribution in [0.1, 0.15) is 11.4 Å². The summed E-state index contributed by atoms with van der Waals surface area (Å²) < 4.78 is 15.3. The average Bonchev–Trinajstić information content (AvgIpc) is 2.67. The molecule has 1 unspecified atom stereocenters. The second-order valence-electron chi connectivity index (χ2n) is 4.61.